The van der Waals surface area contributed by atoms with Gasteiger partial charge in [-0.05, 0) is 18.6 Å². The van der Waals surface area contributed by atoms with E-state index in [0.717, 1.165) is 5.56 Å². The van der Waals surface area contributed by atoms with Crippen LogP contribution in [0.5, 0.6) is 0 Å². The summed E-state index contributed by atoms with van der Waals surface area (Å²) in [7, 11) is 1.60. The Balaban J connectivity index is 2.31. The second-order valence-corrected chi connectivity index (χ2v) is 8.41. The third-order valence-electron chi connectivity index (χ3n) is 3.17. The fourth-order valence-electron chi connectivity index (χ4n) is 2.28. The van der Waals surface area contributed by atoms with Crippen LogP contribution >= 0.6 is 33.9 Å². The van der Waals surface area contributed by atoms with Crippen molar-refractivity contribution in [3.05, 3.63) is 27.7 Å². The first-order chi connectivity index (χ1) is 9.19. The molecule has 1 amide bonds. The summed E-state index contributed by atoms with van der Waals surface area (Å²) < 4.78 is 22.2. The van der Waals surface area contributed by atoms with Gasteiger partial charge in [-0.1, -0.05) is 29.3 Å². The maximum Gasteiger partial charge on any atom is 0.232 e. The third-order valence-corrected chi connectivity index (χ3v) is 5.20. The zero-order chi connectivity index (χ0) is 15.1. The summed E-state index contributed by atoms with van der Waals surface area (Å²) in [6.07, 6.45) is 0.118. The molecule has 0 radical (unpaired) electrons. The molecule has 1 aromatic carbocycles. The Morgan fingerprint density at radius 1 is 1.35 bits per heavy atom. The average Bonchev–Trinajstić information content (AvgIpc) is 2.63. The Morgan fingerprint density at radius 3 is 2.60 bits per heavy atom. The summed E-state index contributed by atoms with van der Waals surface area (Å²) in [5, 5.41) is 0.767. The van der Waals surface area contributed by atoms with E-state index in [2.05, 4.69) is 0 Å². The fourth-order valence-corrected chi connectivity index (χ4v) is 4.18. The summed E-state index contributed by atoms with van der Waals surface area (Å²) in [5.41, 5.74) is 1.24. The van der Waals surface area contributed by atoms with Gasteiger partial charge in [0.1, 0.15) is 0 Å². The van der Waals surface area contributed by atoms with Crippen molar-refractivity contribution in [1.29, 1.82) is 0 Å². The number of amides is 1. The second kappa shape index (κ2) is 5.72. The number of halogens is 3. The van der Waals surface area contributed by atoms with E-state index in [1.54, 1.807) is 12.1 Å². The zero-order valence-electron chi connectivity index (χ0n) is 10.6. The molecule has 1 heterocycles. The first-order valence-corrected chi connectivity index (χ1v) is 9.10. The van der Waals surface area contributed by atoms with Crippen LogP contribution in [0.25, 0.3) is 0 Å². The van der Waals surface area contributed by atoms with Gasteiger partial charge in [0.05, 0.1) is 21.5 Å². The van der Waals surface area contributed by atoms with E-state index in [0.29, 0.717) is 15.7 Å². The van der Waals surface area contributed by atoms with Gasteiger partial charge in [0.2, 0.25) is 15.0 Å². The number of carbonyl (C=O) groups excluding carboxylic acids is 1. The van der Waals surface area contributed by atoms with Crippen LogP contribution in [0.1, 0.15) is 12.0 Å². The molecule has 0 bridgehead atoms. The van der Waals surface area contributed by atoms with Crippen molar-refractivity contribution in [2.24, 2.45) is 5.92 Å². The minimum absolute atomic E-state index is 0.118. The van der Waals surface area contributed by atoms with Crippen LogP contribution < -0.4 is 4.90 Å². The van der Waals surface area contributed by atoms with Crippen molar-refractivity contribution < 1.29 is 13.2 Å². The van der Waals surface area contributed by atoms with E-state index < -0.39 is 9.05 Å². The van der Waals surface area contributed by atoms with Crippen LogP contribution in [0.2, 0.25) is 10.0 Å². The molecule has 1 fully saturated rings. The van der Waals surface area contributed by atoms with Gasteiger partial charge in [-0.3, -0.25) is 4.79 Å². The quantitative estimate of drug-likeness (QED) is 0.781. The maximum absolute atomic E-state index is 12.1. The highest BCUT2D eigenvalue weighted by Crippen LogP contribution is 2.39. The Hall–Kier alpha value is -0.490. The van der Waals surface area contributed by atoms with Crippen LogP contribution in [0, 0.1) is 12.8 Å². The Labute approximate surface area is 132 Å². The largest absolute Gasteiger partial charge is 0.309 e. The molecule has 110 valence electrons. The zero-order valence-corrected chi connectivity index (χ0v) is 13.7. The van der Waals surface area contributed by atoms with Gasteiger partial charge in [0.15, 0.2) is 0 Å². The molecular formula is C12H12Cl3NO3S. The molecule has 0 aliphatic carbocycles. The monoisotopic (exact) mass is 355 g/mol. The van der Waals surface area contributed by atoms with Gasteiger partial charge < -0.3 is 4.90 Å². The van der Waals surface area contributed by atoms with Crippen LogP contribution in [0.15, 0.2) is 12.1 Å². The number of anilines is 1. The molecule has 0 aromatic heterocycles. The summed E-state index contributed by atoms with van der Waals surface area (Å²) in [6, 6.07) is 3.42. The van der Waals surface area contributed by atoms with Crippen LogP contribution in [0.4, 0.5) is 5.69 Å². The van der Waals surface area contributed by atoms with Crippen LogP contribution in [0.3, 0.4) is 0 Å². The maximum atomic E-state index is 12.1. The van der Waals surface area contributed by atoms with Crippen molar-refractivity contribution in [1.82, 2.24) is 0 Å². The Morgan fingerprint density at radius 2 is 2.00 bits per heavy atom. The number of nitrogens with zero attached hydrogens (tertiary/aromatic N) is 1. The fraction of sp³-hybridized carbons (Fsp3) is 0.417. The predicted molar refractivity (Wildman–Crippen MR) is 81.3 cm³/mol. The lowest BCUT2D eigenvalue weighted by atomic mass is 10.1. The van der Waals surface area contributed by atoms with Crippen molar-refractivity contribution in [2.45, 2.75) is 13.3 Å². The molecule has 0 saturated carbocycles. The minimum atomic E-state index is -3.64. The standard InChI is InChI=1S/C12H12Cl3NO3S/c1-7-2-3-9(13)12(11(7)14)16-5-8(4-10(16)17)6-20(15,18)19/h2-3,8H,4-6H2,1H3. The normalized spacial score (nSPS) is 19.7. The van der Waals surface area contributed by atoms with Crippen molar-refractivity contribution in [3.63, 3.8) is 0 Å². The van der Waals surface area contributed by atoms with Crippen LogP contribution in [-0.4, -0.2) is 26.6 Å². The Kier molecular flexibility index (Phi) is 4.54. The molecule has 1 atom stereocenters. The molecule has 1 aliphatic heterocycles. The molecule has 8 heteroatoms. The SMILES string of the molecule is Cc1ccc(Cl)c(N2CC(CS(=O)(=O)Cl)CC2=O)c1Cl. The highest BCUT2D eigenvalue weighted by Gasteiger charge is 2.35. The smallest absolute Gasteiger partial charge is 0.232 e. The molecular weight excluding hydrogens is 345 g/mol. The number of carbonyl (C=O) groups is 1. The topological polar surface area (TPSA) is 54.5 Å². The second-order valence-electron chi connectivity index (χ2n) is 4.81. The van der Waals surface area contributed by atoms with Gasteiger partial charge >= 0.3 is 0 Å². The summed E-state index contributed by atoms with van der Waals surface area (Å²) in [6.45, 7) is 2.05. The van der Waals surface area contributed by atoms with Gasteiger partial charge in [-0.25, -0.2) is 8.42 Å². The number of hydrogen-bond donors (Lipinski definition) is 0. The van der Waals surface area contributed by atoms with Crippen LogP contribution in [-0.2, 0) is 13.8 Å². The van der Waals surface area contributed by atoms with Gasteiger partial charge in [0, 0.05) is 29.6 Å². The van der Waals surface area contributed by atoms with E-state index in [9.17, 15) is 13.2 Å². The molecule has 20 heavy (non-hydrogen) atoms. The van der Waals surface area contributed by atoms with Gasteiger partial charge in [0.25, 0.3) is 0 Å². The highest BCUT2D eigenvalue weighted by atomic mass is 35.7. The molecule has 1 aliphatic rings. The lowest BCUT2D eigenvalue weighted by Gasteiger charge is -2.20. The lowest BCUT2D eigenvalue weighted by molar-refractivity contribution is -0.117. The van der Waals surface area contributed by atoms with E-state index >= 15 is 0 Å². The number of benzene rings is 1. The third kappa shape index (κ3) is 3.39. The van der Waals surface area contributed by atoms with Crippen molar-refractivity contribution in [3.8, 4) is 0 Å². The molecule has 1 unspecified atom stereocenters. The van der Waals surface area contributed by atoms with Crippen molar-refractivity contribution >= 4 is 54.5 Å². The molecule has 2 rings (SSSR count). The molecule has 1 saturated heterocycles. The Bertz CT molecular complexity index is 660. The predicted octanol–water partition coefficient (Wildman–Crippen LogP) is 3.22. The van der Waals surface area contributed by atoms with E-state index in [1.807, 2.05) is 6.92 Å². The van der Waals surface area contributed by atoms with Gasteiger partial charge in [-0.15, -0.1) is 0 Å². The average molecular weight is 357 g/mol. The minimum Gasteiger partial charge on any atom is -0.309 e. The van der Waals surface area contributed by atoms with E-state index in [1.165, 1.54) is 4.90 Å². The molecule has 0 spiro atoms. The first kappa shape index (κ1) is 15.9. The number of hydrogen-bond acceptors (Lipinski definition) is 3. The summed E-state index contributed by atoms with van der Waals surface area (Å²) in [5.74, 6) is -0.792. The van der Waals surface area contributed by atoms with Gasteiger partial charge in [-0.2, -0.15) is 0 Å². The molecule has 0 N–H and O–H groups in total. The number of aryl methyl sites for hydroxylation is 1. The van der Waals surface area contributed by atoms with E-state index in [-0.39, 0.29) is 30.5 Å². The molecule has 1 aromatic rings. The van der Waals surface area contributed by atoms with E-state index in [4.69, 9.17) is 33.9 Å². The van der Waals surface area contributed by atoms with Crippen molar-refractivity contribution in [2.75, 3.05) is 17.2 Å². The molecule has 4 nitrogen and oxygen atoms in total. The first-order valence-electron chi connectivity index (χ1n) is 5.86. The highest BCUT2D eigenvalue weighted by molar-refractivity contribution is 8.13. The lowest BCUT2D eigenvalue weighted by Crippen LogP contribution is -2.26. The summed E-state index contributed by atoms with van der Waals surface area (Å²) >= 11 is 12.3. The summed E-state index contributed by atoms with van der Waals surface area (Å²) in [4.78, 5) is 13.5. The number of rotatable bonds is 3.